The van der Waals surface area contributed by atoms with E-state index in [1.165, 1.54) is 4.90 Å². The molecule has 1 saturated heterocycles. The van der Waals surface area contributed by atoms with E-state index in [1.807, 2.05) is 25.1 Å². The second-order valence-corrected chi connectivity index (χ2v) is 9.00. The summed E-state index contributed by atoms with van der Waals surface area (Å²) in [6, 6.07) is 13.8. The highest BCUT2D eigenvalue weighted by molar-refractivity contribution is 9.10. The van der Waals surface area contributed by atoms with Crippen LogP contribution in [0, 0.1) is 6.92 Å². The number of hydrogen-bond acceptors (Lipinski definition) is 3. The maximum Gasteiger partial charge on any atom is 0.257 e. The molecule has 2 aromatic rings. The number of carbonyl (C=O) groups is 3. The van der Waals surface area contributed by atoms with Crippen LogP contribution in [0.3, 0.4) is 0 Å². The van der Waals surface area contributed by atoms with Crippen LogP contribution in [-0.4, -0.2) is 34.7 Å². The molecule has 0 spiro atoms. The number of aryl methyl sites for hydroxylation is 1. The summed E-state index contributed by atoms with van der Waals surface area (Å²) in [6.07, 6.45) is 4.98. The molecule has 1 heterocycles. The van der Waals surface area contributed by atoms with Gasteiger partial charge in [-0.1, -0.05) is 53.4 Å². The Labute approximate surface area is 185 Å². The Morgan fingerprint density at radius 2 is 1.67 bits per heavy atom. The summed E-state index contributed by atoms with van der Waals surface area (Å²) in [7, 11) is 0. The van der Waals surface area contributed by atoms with Crippen LogP contribution in [0.1, 0.15) is 54.4 Å². The molecule has 3 amide bonds. The first-order chi connectivity index (χ1) is 14.5. The Morgan fingerprint density at radius 3 is 2.33 bits per heavy atom. The molecule has 1 saturated carbocycles. The molecular formula is C24H25BrN2O3. The van der Waals surface area contributed by atoms with Crippen molar-refractivity contribution in [1.82, 2.24) is 4.90 Å². The van der Waals surface area contributed by atoms with Crippen LogP contribution in [0.2, 0.25) is 0 Å². The molecule has 2 aliphatic rings. The predicted molar refractivity (Wildman–Crippen MR) is 119 cm³/mol. The highest BCUT2D eigenvalue weighted by Gasteiger charge is 2.46. The molecule has 0 aromatic heterocycles. The topological polar surface area (TPSA) is 57.7 Å². The predicted octanol–water partition coefficient (Wildman–Crippen LogP) is 4.86. The van der Waals surface area contributed by atoms with E-state index in [1.54, 1.807) is 35.2 Å². The molecule has 0 N–H and O–H groups in total. The Morgan fingerprint density at radius 1 is 1.00 bits per heavy atom. The summed E-state index contributed by atoms with van der Waals surface area (Å²) >= 11 is 3.38. The minimum Gasteiger partial charge on any atom is -0.323 e. The minimum absolute atomic E-state index is 0.0162. The number of benzene rings is 2. The van der Waals surface area contributed by atoms with Crippen molar-refractivity contribution in [1.29, 1.82) is 0 Å². The smallest absolute Gasteiger partial charge is 0.257 e. The molecule has 1 unspecified atom stereocenters. The first kappa shape index (κ1) is 20.8. The molecule has 5 nitrogen and oxygen atoms in total. The van der Waals surface area contributed by atoms with Crippen LogP contribution in [-0.2, 0) is 9.59 Å². The van der Waals surface area contributed by atoms with E-state index in [-0.39, 0.29) is 30.2 Å². The Balaban J connectivity index is 1.69. The van der Waals surface area contributed by atoms with Gasteiger partial charge in [-0.25, -0.2) is 4.90 Å². The Hall–Kier alpha value is -2.47. The summed E-state index contributed by atoms with van der Waals surface area (Å²) in [5.74, 6) is -0.718. The van der Waals surface area contributed by atoms with E-state index in [9.17, 15) is 14.4 Å². The number of carbonyl (C=O) groups excluding carboxylic acids is 3. The zero-order valence-electron chi connectivity index (χ0n) is 17.0. The number of halogens is 1. The SMILES string of the molecule is Cc1ccccc1C(=O)N(C1CCCCC1)C1CC(=O)N(c2ccc(Br)cc2)C1=O. The van der Waals surface area contributed by atoms with Gasteiger partial charge in [0.25, 0.3) is 11.8 Å². The normalized spacial score (nSPS) is 19.9. The van der Waals surface area contributed by atoms with Crippen LogP contribution >= 0.6 is 15.9 Å². The van der Waals surface area contributed by atoms with Crippen LogP contribution < -0.4 is 4.90 Å². The van der Waals surface area contributed by atoms with E-state index in [4.69, 9.17) is 0 Å². The maximum atomic E-state index is 13.6. The summed E-state index contributed by atoms with van der Waals surface area (Å²) < 4.78 is 0.875. The second-order valence-electron chi connectivity index (χ2n) is 8.08. The lowest BCUT2D eigenvalue weighted by Crippen LogP contribution is -2.51. The minimum atomic E-state index is -0.753. The van der Waals surface area contributed by atoms with Gasteiger partial charge in [-0.2, -0.15) is 0 Å². The van der Waals surface area contributed by atoms with Crippen LogP contribution in [0.15, 0.2) is 53.0 Å². The molecule has 0 radical (unpaired) electrons. The van der Waals surface area contributed by atoms with Crippen LogP contribution in [0.25, 0.3) is 0 Å². The highest BCUT2D eigenvalue weighted by Crippen LogP contribution is 2.33. The van der Waals surface area contributed by atoms with Crippen molar-refractivity contribution in [3.63, 3.8) is 0 Å². The molecule has 1 atom stereocenters. The molecule has 4 rings (SSSR count). The van der Waals surface area contributed by atoms with Gasteiger partial charge >= 0.3 is 0 Å². The van der Waals surface area contributed by atoms with E-state index < -0.39 is 6.04 Å². The van der Waals surface area contributed by atoms with Crippen molar-refractivity contribution in [3.8, 4) is 0 Å². The molecule has 0 bridgehead atoms. The zero-order valence-corrected chi connectivity index (χ0v) is 18.6. The average molecular weight is 469 g/mol. The van der Waals surface area contributed by atoms with Crippen molar-refractivity contribution in [2.24, 2.45) is 0 Å². The van der Waals surface area contributed by atoms with Crippen LogP contribution in [0.4, 0.5) is 5.69 Å². The van der Waals surface area contributed by atoms with Gasteiger partial charge in [0.2, 0.25) is 5.91 Å². The first-order valence-corrected chi connectivity index (χ1v) is 11.3. The summed E-state index contributed by atoms with van der Waals surface area (Å²) in [6.45, 7) is 1.90. The number of rotatable bonds is 4. The fourth-order valence-electron chi connectivity index (χ4n) is 4.57. The number of imide groups is 1. The van der Waals surface area contributed by atoms with Gasteiger partial charge in [-0.3, -0.25) is 14.4 Å². The molecule has 30 heavy (non-hydrogen) atoms. The third kappa shape index (κ3) is 3.93. The second kappa shape index (κ2) is 8.72. The van der Waals surface area contributed by atoms with Crippen molar-refractivity contribution in [2.75, 3.05) is 4.90 Å². The van der Waals surface area contributed by atoms with Crippen LogP contribution in [0.5, 0.6) is 0 Å². The van der Waals surface area contributed by atoms with Crippen molar-refractivity contribution < 1.29 is 14.4 Å². The van der Waals surface area contributed by atoms with Crippen molar-refractivity contribution >= 4 is 39.3 Å². The van der Waals surface area contributed by atoms with Gasteiger partial charge in [-0.05, 0) is 55.7 Å². The largest absolute Gasteiger partial charge is 0.323 e. The summed E-state index contributed by atoms with van der Waals surface area (Å²) in [5, 5.41) is 0. The lowest BCUT2D eigenvalue weighted by molar-refractivity contribution is -0.123. The van der Waals surface area contributed by atoms with E-state index in [0.29, 0.717) is 11.3 Å². The number of hydrogen-bond donors (Lipinski definition) is 0. The lowest BCUT2D eigenvalue weighted by atomic mass is 9.91. The molecule has 2 fully saturated rings. The fraction of sp³-hybridized carbons (Fsp3) is 0.375. The van der Waals surface area contributed by atoms with Gasteiger partial charge in [0.1, 0.15) is 6.04 Å². The van der Waals surface area contributed by atoms with E-state index >= 15 is 0 Å². The Bertz CT molecular complexity index is 967. The fourth-order valence-corrected chi connectivity index (χ4v) is 4.83. The van der Waals surface area contributed by atoms with Gasteiger partial charge in [0.05, 0.1) is 12.1 Å². The standard InChI is InChI=1S/C24H25BrN2O3/c1-16-7-5-6-10-20(16)23(29)26(18-8-3-2-4-9-18)21-15-22(28)27(24(21)30)19-13-11-17(25)12-14-19/h5-7,10-14,18,21H,2-4,8-9,15H2,1H3. The quantitative estimate of drug-likeness (QED) is 0.601. The molecule has 2 aromatic carbocycles. The van der Waals surface area contributed by atoms with E-state index in [0.717, 1.165) is 42.1 Å². The Kier molecular flexibility index (Phi) is 6.04. The first-order valence-electron chi connectivity index (χ1n) is 10.5. The van der Waals surface area contributed by atoms with Crippen molar-refractivity contribution in [2.45, 2.75) is 57.5 Å². The molecule has 1 aliphatic heterocycles. The van der Waals surface area contributed by atoms with Gasteiger partial charge in [-0.15, -0.1) is 0 Å². The average Bonchev–Trinajstić information content (AvgIpc) is 3.04. The molecule has 1 aliphatic carbocycles. The number of nitrogens with zero attached hydrogens (tertiary/aromatic N) is 2. The summed E-state index contributed by atoms with van der Waals surface area (Å²) in [4.78, 5) is 42.8. The van der Waals surface area contributed by atoms with Gasteiger partial charge in [0.15, 0.2) is 0 Å². The molecule has 156 valence electrons. The molecule has 6 heteroatoms. The number of amides is 3. The van der Waals surface area contributed by atoms with E-state index in [2.05, 4.69) is 15.9 Å². The number of anilines is 1. The molecular weight excluding hydrogens is 444 g/mol. The zero-order chi connectivity index (χ0) is 21.3. The van der Waals surface area contributed by atoms with Crippen molar-refractivity contribution in [3.05, 3.63) is 64.1 Å². The third-order valence-corrected chi connectivity index (χ3v) is 6.65. The maximum absolute atomic E-state index is 13.6. The summed E-state index contributed by atoms with van der Waals surface area (Å²) in [5.41, 5.74) is 2.03. The monoisotopic (exact) mass is 468 g/mol. The lowest BCUT2D eigenvalue weighted by Gasteiger charge is -2.37. The highest BCUT2D eigenvalue weighted by atomic mass is 79.9. The third-order valence-electron chi connectivity index (χ3n) is 6.12. The van der Waals surface area contributed by atoms with Gasteiger partial charge < -0.3 is 4.90 Å². The van der Waals surface area contributed by atoms with Gasteiger partial charge in [0, 0.05) is 16.1 Å².